The van der Waals surface area contributed by atoms with Crippen molar-refractivity contribution in [1.82, 2.24) is 0 Å². The summed E-state index contributed by atoms with van der Waals surface area (Å²) in [6, 6.07) is 10.5. The van der Waals surface area contributed by atoms with E-state index in [-0.39, 0.29) is 0 Å². The number of benzene rings is 1. The summed E-state index contributed by atoms with van der Waals surface area (Å²) in [5.41, 5.74) is 2.57. The Labute approximate surface area is 95.7 Å². The van der Waals surface area contributed by atoms with Crippen molar-refractivity contribution in [3.8, 4) is 11.1 Å². The van der Waals surface area contributed by atoms with Crippen molar-refractivity contribution >= 4 is 40.1 Å². The molecule has 0 aliphatic carbocycles. The Morgan fingerprint density at radius 3 is 2.46 bits per heavy atom. The third-order valence-electron chi connectivity index (χ3n) is 1.83. The van der Waals surface area contributed by atoms with Gasteiger partial charge in [0.2, 0.25) is 0 Å². The molecule has 2 aromatic rings. The monoisotopic (exact) mass is 316 g/mol. The maximum absolute atomic E-state index is 3.54. The molecule has 1 aromatic carbocycles. The quantitative estimate of drug-likeness (QED) is 0.701. The highest BCUT2D eigenvalue weighted by Crippen LogP contribution is 2.35. The molecule has 0 aliphatic rings. The van der Waals surface area contributed by atoms with Gasteiger partial charge in [-0.25, -0.2) is 0 Å². The molecule has 0 fully saturated rings. The smallest absolute Gasteiger partial charge is 0.0343 e. The molecule has 13 heavy (non-hydrogen) atoms. The number of hydrogen-bond donors (Lipinski definition) is 0. The van der Waals surface area contributed by atoms with Crippen LogP contribution in [0.4, 0.5) is 0 Å². The average Bonchev–Trinajstić information content (AvgIpc) is 2.53. The largest absolute Gasteiger partial charge is 0.124 e. The van der Waals surface area contributed by atoms with Crippen LogP contribution in [-0.4, -0.2) is 0 Å². The molecule has 1 heterocycles. The van der Waals surface area contributed by atoms with Crippen molar-refractivity contribution in [3.63, 3.8) is 0 Å². The van der Waals surface area contributed by atoms with E-state index in [1.807, 2.05) is 6.07 Å². The zero-order valence-corrected chi connectivity index (χ0v) is 10.9. The molecule has 2 rings (SSSR count). The van der Waals surface area contributed by atoms with Crippen LogP contribution in [0.3, 0.4) is 0 Å². The molecule has 66 valence electrons. The van der Waals surface area contributed by atoms with Crippen molar-refractivity contribution < 1.29 is 0 Å². The van der Waals surface area contributed by atoms with Gasteiger partial charge in [-0.1, -0.05) is 34.1 Å². The fourth-order valence-corrected chi connectivity index (χ4v) is 3.09. The van der Waals surface area contributed by atoms with Gasteiger partial charge in [0.15, 0.2) is 0 Å². The van der Waals surface area contributed by atoms with Gasteiger partial charge in [0.1, 0.15) is 0 Å². The van der Waals surface area contributed by atoms with Crippen molar-refractivity contribution in [2.24, 2.45) is 0 Å². The van der Waals surface area contributed by atoms with Crippen LogP contribution < -0.4 is 0 Å². The van der Waals surface area contributed by atoms with Gasteiger partial charge < -0.3 is 0 Å². The predicted octanol–water partition coefficient (Wildman–Crippen LogP) is 4.91. The van der Waals surface area contributed by atoms with E-state index in [9.17, 15) is 0 Å². The van der Waals surface area contributed by atoms with E-state index in [1.165, 1.54) is 15.3 Å². The summed E-state index contributed by atoms with van der Waals surface area (Å²) in [6.45, 7) is 0. The number of rotatable bonds is 1. The second kappa shape index (κ2) is 4.00. The van der Waals surface area contributed by atoms with Crippen molar-refractivity contribution in [3.05, 3.63) is 44.8 Å². The minimum absolute atomic E-state index is 0.780. The fourth-order valence-electron chi connectivity index (χ4n) is 1.22. The maximum atomic E-state index is 3.54. The highest BCUT2D eigenvalue weighted by atomic mass is 79.9. The van der Waals surface area contributed by atoms with Crippen LogP contribution in [-0.2, 0) is 0 Å². The minimum atomic E-state index is 0.780. The SMILES string of the molecule is Brc1cc(-c2ccccc2Br)c[pH]1. The van der Waals surface area contributed by atoms with Gasteiger partial charge in [0.05, 0.1) is 0 Å². The zero-order chi connectivity index (χ0) is 9.26. The van der Waals surface area contributed by atoms with Gasteiger partial charge in [-0.3, -0.25) is 0 Å². The lowest BCUT2D eigenvalue weighted by atomic mass is 10.1. The van der Waals surface area contributed by atoms with Gasteiger partial charge in [0, 0.05) is 8.68 Å². The van der Waals surface area contributed by atoms with E-state index in [4.69, 9.17) is 0 Å². The molecular formula is C10H7Br2P. The summed E-state index contributed by atoms with van der Waals surface area (Å²) in [7, 11) is 0.780. The molecule has 0 nitrogen and oxygen atoms in total. The first-order chi connectivity index (χ1) is 6.27. The fraction of sp³-hybridized carbons (Fsp3) is 0. The molecule has 0 N–H and O–H groups in total. The highest BCUT2D eigenvalue weighted by molar-refractivity contribution is 9.11. The third-order valence-corrected chi connectivity index (χ3v) is 4.32. The van der Waals surface area contributed by atoms with Gasteiger partial charge in [-0.05, 0) is 45.0 Å². The van der Waals surface area contributed by atoms with E-state index < -0.39 is 0 Å². The molecule has 1 aromatic heterocycles. The Balaban J connectivity index is 2.52. The van der Waals surface area contributed by atoms with Gasteiger partial charge in [-0.2, -0.15) is 0 Å². The topological polar surface area (TPSA) is 0 Å². The lowest BCUT2D eigenvalue weighted by molar-refractivity contribution is 1.62. The molecular weight excluding hydrogens is 311 g/mol. The van der Waals surface area contributed by atoms with Crippen molar-refractivity contribution in [2.75, 3.05) is 0 Å². The zero-order valence-electron chi connectivity index (χ0n) is 6.72. The maximum Gasteiger partial charge on any atom is 0.0343 e. The number of hydrogen-bond acceptors (Lipinski definition) is 0. The summed E-state index contributed by atoms with van der Waals surface area (Å²) >= 11 is 7.05. The minimum Gasteiger partial charge on any atom is -0.124 e. The second-order valence-electron chi connectivity index (χ2n) is 2.72. The Bertz CT molecular complexity index is 420. The highest BCUT2D eigenvalue weighted by Gasteiger charge is 2.02. The molecule has 1 unspecified atom stereocenters. The first kappa shape index (κ1) is 9.51. The molecule has 0 aliphatic heterocycles. The van der Waals surface area contributed by atoms with Crippen LogP contribution in [0, 0.1) is 0 Å². The Kier molecular flexibility index (Phi) is 2.92. The normalized spacial score (nSPS) is 10.9. The second-order valence-corrected chi connectivity index (χ2v) is 6.27. The summed E-state index contributed by atoms with van der Waals surface area (Å²) in [4.78, 5) is 0. The van der Waals surface area contributed by atoms with Crippen molar-refractivity contribution in [1.29, 1.82) is 0 Å². The summed E-state index contributed by atoms with van der Waals surface area (Å²) < 4.78 is 2.43. The standard InChI is InChI=1S/C10H7Br2P/c11-9-4-2-1-3-8(9)7-5-10(12)13-6-7/h1-6,13H. The predicted molar refractivity (Wildman–Crippen MR) is 66.8 cm³/mol. The molecule has 0 spiro atoms. The van der Waals surface area contributed by atoms with E-state index in [1.54, 1.807) is 0 Å². The van der Waals surface area contributed by atoms with Crippen LogP contribution in [0.1, 0.15) is 0 Å². The summed E-state index contributed by atoms with van der Waals surface area (Å²) in [5, 5.41) is 0. The first-order valence-corrected chi connectivity index (χ1v) is 6.52. The summed E-state index contributed by atoms with van der Waals surface area (Å²) in [5.74, 6) is 2.25. The molecule has 3 heteroatoms. The van der Waals surface area contributed by atoms with Crippen LogP contribution in [0.5, 0.6) is 0 Å². The van der Waals surface area contributed by atoms with Crippen molar-refractivity contribution in [2.45, 2.75) is 0 Å². The van der Waals surface area contributed by atoms with Crippen LogP contribution in [0.25, 0.3) is 11.1 Å². The van der Waals surface area contributed by atoms with E-state index >= 15 is 0 Å². The van der Waals surface area contributed by atoms with E-state index in [0.29, 0.717) is 0 Å². The molecule has 0 bridgehead atoms. The molecule has 1 atom stereocenters. The van der Waals surface area contributed by atoms with Crippen LogP contribution in [0.15, 0.2) is 44.8 Å². The average molecular weight is 318 g/mol. The van der Waals surface area contributed by atoms with E-state index in [2.05, 4.69) is 61.9 Å². The molecule has 0 amide bonds. The molecule has 0 saturated carbocycles. The van der Waals surface area contributed by atoms with E-state index in [0.717, 1.165) is 12.7 Å². The Morgan fingerprint density at radius 1 is 1.08 bits per heavy atom. The lowest BCUT2D eigenvalue weighted by Crippen LogP contribution is -1.74. The lowest BCUT2D eigenvalue weighted by Gasteiger charge is -1.99. The third kappa shape index (κ3) is 2.07. The van der Waals surface area contributed by atoms with Gasteiger partial charge >= 0.3 is 0 Å². The van der Waals surface area contributed by atoms with Crippen LogP contribution in [0.2, 0.25) is 0 Å². The molecule has 0 radical (unpaired) electrons. The first-order valence-electron chi connectivity index (χ1n) is 3.86. The van der Waals surface area contributed by atoms with Crippen LogP contribution >= 0.6 is 40.1 Å². The van der Waals surface area contributed by atoms with Gasteiger partial charge in [0.25, 0.3) is 0 Å². The molecule has 0 saturated heterocycles. The summed E-state index contributed by atoms with van der Waals surface area (Å²) in [6.07, 6.45) is 0. The Hall–Kier alpha value is -0.0400. The Morgan fingerprint density at radius 2 is 1.85 bits per heavy atom. The van der Waals surface area contributed by atoms with Gasteiger partial charge in [-0.15, -0.1) is 8.19 Å². The number of halogens is 2.